The van der Waals surface area contributed by atoms with Crippen LogP contribution in [0.1, 0.15) is 31.3 Å². The molecular formula is C24H30N6O4S. The minimum Gasteiger partial charge on any atom is -0.369 e. The van der Waals surface area contributed by atoms with Crippen LogP contribution in [0.2, 0.25) is 0 Å². The topological polar surface area (TPSA) is 122 Å². The molecular weight excluding hydrogens is 468 g/mol. The van der Waals surface area contributed by atoms with Crippen molar-refractivity contribution in [3.8, 4) is 11.4 Å². The first-order valence-electron chi connectivity index (χ1n) is 11.6. The molecule has 4 rings (SSSR count). The SMILES string of the molecule is Cc1cccc(N2CCN(S(=O)(=O)CC(=O)NC(c3nc(-c4ccncc4)no3)C(C)C)CC2)c1. The molecule has 1 aliphatic heterocycles. The number of aryl methyl sites for hydroxylation is 1. The van der Waals surface area contributed by atoms with E-state index in [4.69, 9.17) is 4.52 Å². The Morgan fingerprint density at radius 2 is 1.83 bits per heavy atom. The number of hydrogen-bond donors (Lipinski definition) is 1. The summed E-state index contributed by atoms with van der Waals surface area (Å²) in [4.78, 5) is 23.3. The number of nitrogens with one attached hydrogen (secondary N) is 1. The second kappa shape index (κ2) is 10.5. The maximum absolute atomic E-state index is 13.0. The van der Waals surface area contributed by atoms with E-state index < -0.39 is 27.7 Å². The highest BCUT2D eigenvalue weighted by Gasteiger charge is 2.31. The Labute approximate surface area is 205 Å². The van der Waals surface area contributed by atoms with Crippen LogP contribution in [-0.2, 0) is 14.8 Å². The number of carbonyl (C=O) groups excluding carboxylic acids is 1. The van der Waals surface area contributed by atoms with Crippen LogP contribution in [0.25, 0.3) is 11.4 Å². The van der Waals surface area contributed by atoms with E-state index in [1.165, 1.54) is 4.31 Å². The van der Waals surface area contributed by atoms with Gasteiger partial charge in [0.25, 0.3) is 0 Å². The molecule has 1 N–H and O–H groups in total. The molecule has 1 aromatic carbocycles. The Morgan fingerprint density at radius 3 is 2.49 bits per heavy atom. The van der Waals surface area contributed by atoms with Gasteiger partial charge in [0.1, 0.15) is 11.8 Å². The molecule has 1 fully saturated rings. The van der Waals surface area contributed by atoms with Crippen molar-refractivity contribution in [2.75, 3.05) is 36.8 Å². The third-order valence-electron chi connectivity index (χ3n) is 5.94. The number of hydrogen-bond acceptors (Lipinski definition) is 8. The van der Waals surface area contributed by atoms with Crippen molar-refractivity contribution in [2.45, 2.75) is 26.8 Å². The van der Waals surface area contributed by atoms with Crippen molar-refractivity contribution in [2.24, 2.45) is 5.92 Å². The van der Waals surface area contributed by atoms with E-state index in [0.717, 1.165) is 16.8 Å². The van der Waals surface area contributed by atoms with Gasteiger partial charge < -0.3 is 14.7 Å². The summed E-state index contributed by atoms with van der Waals surface area (Å²) in [5.74, 6) is -0.726. The van der Waals surface area contributed by atoms with Gasteiger partial charge in [-0.05, 0) is 42.7 Å². The van der Waals surface area contributed by atoms with Gasteiger partial charge in [0.05, 0.1) is 0 Å². The largest absolute Gasteiger partial charge is 0.369 e. The number of anilines is 1. The lowest BCUT2D eigenvalue weighted by Crippen LogP contribution is -2.51. The monoisotopic (exact) mass is 498 g/mol. The van der Waals surface area contributed by atoms with Gasteiger partial charge in [-0.15, -0.1) is 0 Å². The third-order valence-corrected chi connectivity index (χ3v) is 7.72. The molecule has 1 amide bonds. The minimum absolute atomic E-state index is 0.0923. The molecule has 0 bridgehead atoms. The van der Waals surface area contributed by atoms with Gasteiger partial charge >= 0.3 is 0 Å². The van der Waals surface area contributed by atoms with Crippen molar-refractivity contribution in [3.05, 3.63) is 60.2 Å². The molecule has 3 heterocycles. The highest BCUT2D eigenvalue weighted by atomic mass is 32.2. The lowest BCUT2D eigenvalue weighted by atomic mass is 10.0. The number of piperazine rings is 1. The van der Waals surface area contributed by atoms with E-state index in [1.54, 1.807) is 24.5 Å². The van der Waals surface area contributed by atoms with Crippen LogP contribution in [-0.4, -0.2) is 65.7 Å². The number of benzene rings is 1. The van der Waals surface area contributed by atoms with E-state index in [1.807, 2.05) is 39.0 Å². The number of pyridine rings is 1. The van der Waals surface area contributed by atoms with Gasteiger partial charge in [-0.1, -0.05) is 31.1 Å². The summed E-state index contributed by atoms with van der Waals surface area (Å²) in [6.07, 6.45) is 3.25. The highest BCUT2D eigenvalue weighted by Crippen LogP contribution is 2.24. The molecule has 2 aromatic heterocycles. The van der Waals surface area contributed by atoms with E-state index in [-0.39, 0.29) is 11.8 Å². The predicted molar refractivity (Wildman–Crippen MR) is 132 cm³/mol. The molecule has 0 saturated carbocycles. The summed E-state index contributed by atoms with van der Waals surface area (Å²) in [5, 5.41) is 6.76. The second-order valence-electron chi connectivity index (χ2n) is 8.96. The first-order chi connectivity index (χ1) is 16.7. The van der Waals surface area contributed by atoms with E-state index in [9.17, 15) is 13.2 Å². The summed E-state index contributed by atoms with van der Waals surface area (Å²) in [6, 6.07) is 11.0. The Bertz CT molecular complexity index is 1250. The van der Waals surface area contributed by atoms with Crippen molar-refractivity contribution >= 4 is 21.6 Å². The first kappa shape index (κ1) is 24.8. The Morgan fingerprint density at radius 1 is 1.11 bits per heavy atom. The molecule has 1 saturated heterocycles. The quantitative estimate of drug-likeness (QED) is 0.503. The standard InChI is InChI=1S/C24H30N6O4S/c1-17(2)22(24-27-23(28-34-24)19-7-9-25-10-8-19)26-21(31)16-35(32,33)30-13-11-29(12-14-30)20-6-4-5-18(3)15-20/h4-10,15,17,22H,11-14,16H2,1-3H3,(H,26,31). The maximum Gasteiger partial charge on any atom is 0.249 e. The van der Waals surface area contributed by atoms with Crippen LogP contribution in [0, 0.1) is 12.8 Å². The van der Waals surface area contributed by atoms with Crippen molar-refractivity contribution in [1.29, 1.82) is 0 Å². The Kier molecular flexibility index (Phi) is 7.46. The molecule has 0 spiro atoms. The lowest BCUT2D eigenvalue weighted by molar-refractivity contribution is -0.119. The van der Waals surface area contributed by atoms with Crippen LogP contribution in [0.15, 0.2) is 53.3 Å². The Balaban J connectivity index is 1.37. The van der Waals surface area contributed by atoms with Gasteiger partial charge in [-0.3, -0.25) is 9.78 Å². The normalized spacial score (nSPS) is 15.8. The fourth-order valence-corrected chi connectivity index (χ4v) is 5.33. The van der Waals surface area contributed by atoms with Crippen LogP contribution in [0.3, 0.4) is 0 Å². The summed E-state index contributed by atoms with van der Waals surface area (Å²) >= 11 is 0. The molecule has 186 valence electrons. The highest BCUT2D eigenvalue weighted by molar-refractivity contribution is 7.89. The molecule has 10 nitrogen and oxygen atoms in total. The number of rotatable bonds is 8. The van der Waals surface area contributed by atoms with Gasteiger partial charge in [0, 0.05) is 49.8 Å². The van der Waals surface area contributed by atoms with E-state index in [0.29, 0.717) is 32.0 Å². The van der Waals surface area contributed by atoms with E-state index in [2.05, 4.69) is 31.4 Å². The molecule has 11 heteroatoms. The fraction of sp³-hybridized carbons (Fsp3) is 0.417. The first-order valence-corrected chi connectivity index (χ1v) is 13.2. The van der Waals surface area contributed by atoms with Gasteiger partial charge in [-0.2, -0.15) is 9.29 Å². The van der Waals surface area contributed by atoms with Crippen molar-refractivity contribution in [1.82, 2.24) is 24.7 Å². The number of amides is 1. The number of carbonyl (C=O) groups is 1. The number of aromatic nitrogens is 3. The minimum atomic E-state index is -3.77. The fourth-order valence-electron chi connectivity index (χ4n) is 4.01. The van der Waals surface area contributed by atoms with Crippen LogP contribution >= 0.6 is 0 Å². The molecule has 1 unspecified atom stereocenters. The zero-order valence-electron chi connectivity index (χ0n) is 20.1. The summed E-state index contributed by atoms with van der Waals surface area (Å²) in [5.41, 5.74) is 2.96. The molecule has 0 aliphatic carbocycles. The Hall–Kier alpha value is -3.31. The van der Waals surface area contributed by atoms with Crippen LogP contribution < -0.4 is 10.2 Å². The molecule has 0 radical (unpaired) electrons. The van der Waals surface area contributed by atoms with Gasteiger partial charge in [0.15, 0.2) is 0 Å². The van der Waals surface area contributed by atoms with Gasteiger partial charge in [0.2, 0.25) is 27.6 Å². The van der Waals surface area contributed by atoms with Crippen LogP contribution in [0.4, 0.5) is 5.69 Å². The summed E-state index contributed by atoms with van der Waals surface area (Å²) < 4.78 is 32.7. The smallest absolute Gasteiger partial charge is 0.249 e. The lowest BCUT2D eigenvalue weighted by Gasteiger charge is -2.35. The average Bonchev–Trinajstić information content (AvgIpc) is 3.33. The molecule has 1 aliphatic rings. The van der Waals surface area contributed by atoms with Crippen molar-refractivity contribution in [3.63, 3.8) is 0 Å². The van der Waals surface area contributed by atoms with Crippen LogP contribution in [0.5, 0.6) is 0 Å². The van der Waals surface area contributed by atoms with E-state index >= 15 is 0 Å². The van der Waals surface area contributed by atoms with Gasteiger partial charge in [-0.25, -0.2) is 8.42 Å². The second-order valence-corrected chi connectivity index (χ2v) is 10.9. The number of nitrogens with zero attached hydrogens (tertiary/aromatic N) is 5. The average molecular weight is 499 g/mol. The summed E-state index contributed by atoms with van der Waals surface area (Å²) in [6.45, 7) is 7.60. The van der Waals surface area contributed by atoms with Crippen molar-refractivity contribution < 1.29 is 17.7 Å². The number of sulfonamides is 1. The molecule has 35 heavy (non-hydrogen) atoms. The zero-order valence-corrected chi connectivity index (χ0v) is 20.9. The molecule has 1 atom stereocenters. The third kappa shape index (κ3) is 6.04. The summed E-state index contributed by atoms with van der Waals surface area (Å²) in [7, 11) is -3.77. The predicted octanol–water partition coefficient (Wildman–Crippen LogP) is 2.41. The maximum atomic E-state index is 13.0. The zero-order chi connectivity index (χ0) is 25.0. The molecule has 3 aromatic rings.